The van der Waals surface area contributed by atoms with Crippen molar-refractivity contribution in [2.75, 3.05) is 0 Å². The molecule has 3 N–H and O–H groups in total. The highest BCUT2D eigenvalue weighted by molar-refractivity contribution is 5.99. The van der Waals surface area contributed by atoms with Crippen molar-refractivity contribution in [1.82, 2.24) is 10.6 Å². The second-order valence-corrected chi connectivity index (χ2v) is 7.28. The molecular formula is C18H18F4N2O4. The van der Waals surface area contributed by atoms with Gasteiger partial charge in [0, 0.05) is 6.42 Å². The van der Waals surface area contributed by atoms with E-state index in [0.717, 1.165) is 0 Å². The van der Waals surface area contributed by atoms with Crippen LogP contribution in [0.25, 0.3) is 0 Å². The molecule has 3 rings (SSSR count). The molecule has 0 saturated heterocycles. The molecule has 0 radical (unpaired) electrons. The maximum absolute atomic E-state index is 13.0. The van der Waals surface area contributed by atoms with E-state index in [2.05, 4.69) is 5.32 Å². The van der Waals surface area contributed by atoms with Crippen molar-refractivity contribution in [2.24, 2.45) is 5.92 Å². The fraction of sp³-hybridized carbons (Fsp3) is 0.500. The molecule has 0 heterocycles. The van der Waals surface area contributed by atoms with Crippen LogP contribution in [-0.4, -0.2) is 40.1 Å². The largest absolute Gasteiger partial charge is 0.479 e. The average molecular weight is 402 g/mol. The molecule has 2 aliphatic carbocycles. The quantitative estimate of drug-likeness (QED) is 0.608. The van der Waals surface area contributed by atoms with Gasteiger partial charge in [0.25, 0.3) is 0 Å². The summed E-state index contributed by atoms with van der Waals surface area (Å²) < 4.78 is 51.8. The van der Waals surface area contributed by atoms with Gasteiger partial charge >= 0.3 is 12.1 Å². The Morgan fingerprint density at radius 1 is 1.11 bits per heavy atom. The van der Waals surface area contributed by atoms with Crippen molar-refractivity contribution in [3.63, 3.8) is 0 Å². The number of nitrogens with one attached hydrogen (secondary N) is 2. The molecule has 6 nitrogen and oxygen atoms in total. The third-order valence-electron chi connectivity index (χ3n) is 5.23. The van der Waals surface area contributed by atoms with Gasteiger partial charge in [0.15, 0.2) is 5.54 Å². The Bertz CT molecular complexity index is 805. The fourth-order valence-corrected chi connectivity index (χ4v) is 3.16. The van der Waals surface area contributed by atoms with Gasteiger partial charge in [-0.1, -0.05) is 12.1 Å². The molecule has 2 atom stereocenters. The van der Waals surface area contributed by atoms with Crippen molar-refractivity contribution in [3.05, 3.63) is 35.6 Å². The van der Waals surface area contributed by atoms with Crippen LogP contribution in [0.5, 0.6) is 0 Å². The van der Waals surface area contributed by atoms with E-state index in [1.807, 2.05) is 5.32 Å². The van der Waals surface area contributed by atoms with Gasteiger partial charge in [-0.25, -0.2) is 9.18 Å². The number of benzene rings is 1. The van der Waals surface area contributed by atoms with Gasteiger partial charge in [-0.15, -0.1) is 0 Å². The first-order valence-electron chi connectivity index (χ1n) is 8.67. The summed E-state index contributed by atoms with van der Waals surface area (Å²) in [5.74, 6) is -4.86. The second-order valence-electron chi connectivity index (χ2n) is 7.28. The number of amides is 2. The van der Waals surface area contributed by atoms with Crippen LogP contribution >= 0.6 is 0 Å². The van der Waals surface area contributed by atoms with Crippen LogP contribution in [0.15, 0.2) is 24.3 Å². The number of aryl methyl sites for hydroxylation is 1. The molecule has 0 bridgehead atoms. The number of carbonyl (C=O) groups is 3. The number of hydrogen-bond donors (Lipinski definition) is 3. The van der Waals surface area contributed by atoms with Crippen LogP contribution in [-0.2, 0) is 20.8 Å². The molecule has 152 valence electrons. The summed E-state index contributed by atoms with van der Waals surface area (Å²) >= 11 is 0. The van der Waals surface area contributed by atoms with Crippen molar-refractivity contribution >= 4 is 17.8 Å². The molecule has 0 spiro atoms. The highest BCUT2D eigenvalue weighted by atomic mass is 19.4. The summed E-state index contributed by atoms with van der Waals surface area (Å²) in [5, 5.41) is 13.6. The SMILES string of the molecule is O=C(CCc1ccc(F)cc1)N[C@]1(C(=O)O)CC1C(=O)NC1(C(F)(F)F)CC1. The van der Waals surface area contributed by atoms with Gasteiger partial charge in [-0.3, -0.25) is 9.59 Å². The van der Waals surface area contributed by atoms with E-state index < -0.39 is 46.8 Å². The molecule has 2 amide bonds. The summed E-state index contributed by atoms with van der Waals surface area (Å²) in [6, 6.07) is 5.41. The van der Waals surface area contributed by atoms with E-state index in [-0.39, 0.29) is 32.1 Å². The molecule has 2 saturated carbocycles. The van der Waals surface area contributed by atoms with Gasteiger partial charge in [-0.05, 0) is 43.4 Å². The average Bonchev–Trinajstić information content (AvgIpc) is 3.49. The van der Waals surface area contributed by atoms with E-state index in [0.29, 0.717) is 5.56 Å². The molecule has 1 aromatic rings. The standard InChI is InChI=1S/C18H18F4N2O4/c19-11-4-1-10(2-5-11)3-6-13(25)23-17(15(27)28)9-12(17)14(26)24-16(7-8-16)18(20,21)22/h1-2,4-5,12H,3,6-9H2,(H,23,25)(H,24,26)(H,27,28)/t12?,17-/m1/s1. The van der Waals surface area contributed by atoms with Gasteiger partial charge < -0.3 is 15.7 Å². The molecule has 1 aromatic carbocycles. The molecule has 2 aliphatic rings. The van der Waals surface area contributed by atoms with Gasteiger partial charge in [0.05, 0.1) is 5.92 Å². The number of carboxylic acid groups (broad SMARTS) is 1. The van der Waals surface area contributed by atoms with Crippen molar-refractivity contribution in [2.45, 2.75) is 49.4 Å². The van der Waals surface area contributed by atoms with Crippen LogP contribution in [0.3, 0.4) is 0 Å². The lowest BCUT2D eigenvalue weighted by Gasteiger charge is -2.21. The lowest BCUT2D eigenvalue weighted by molar-refractivity contribution is -0.171. The summed E-state index contributed by atoms with van der Waals surface area (Å²) in [4.78, 5) is 35.8. The van der Waals surface area contributed by atoms with E-state index in [1.165, 1.54) is 24.3 Å². The first-order chi connectivity index (χ1) is 13.0. The summed E-state index contributed by atoms with van der Waals surface area (Å²) in [6.45, 7) is 0. The maximum Gasteiger partial charge on any atom is 0.411 e. The molecule has 0 aromatic heterocycles. The summed E-state index contributed by atoms with van der Waals surface area (Å²) in [6.07, 6.45) is -5.28. The Morgan fingerprint density at radius 3 is 2.21 bits per heavy atom. The van der Waals surface area contributed by atoms with Crippen LogP contribution in [0.2, 0.25) is 0 Å². The van der Waals surface area contributed by atoms with Crippen LogP contribution in [0.4, 0.5) is 17.6 Å². The van der Waals surface area contributed by atoms with Gasteiger partial charge in [0.2, 0.25) is 11.8 Å². The predicted octanol–water partition coefficient (Wildman–Crippen LogP) is 1.93. The number of alkyl halides is 3. The minimum absolute atomic E-state index is 0.110. The van der Waals surface area contributed by atoms with Crippen molar-refractivity contribution in [3.8, 4) is 0 Å². The molecule has 10 heteroatoms. The normalized spacial score (nSPS) is 24.9. The Balaban J connectivity index is 1.58. The topological polar surface area (TPSA) is 95.5 Å². The third-order valence-corrected chi connectivity index (χ3v) is 5.23. The van der Waals surface area contributed by atoms with E-state index in [1.54, 1.807) is 0 Å². The zero-order valence-corrected chi connectivity index (χ0v) is 14.6. The van der Waals surface area contributed by atoms with E-state index >= 15 is 0 Å². The van der Waals surface area contributed by atoms with Crippen LogP contribution in [0.1, 0.15) is 31.2 Å². The first kappa shape index (κ1) is 20.1. The van der Waals surface area contributed by atoms with Gasteiger partial charge in [-0.2, -0.15) is 13.2 Å². The number of carbonyl (C=O) groups excluding carboxylic acids is 2. The lowest BCUT2D eigenvalue weighted by atomic mass is 10.1. The zero-order chi connectivity index (χ0) is 20.7. The molecule has 1 unspecified atom stereocenters. The highest BCUT2D eigenvalue weighted by Crippen LogP contribution is 2.51. The maximum atomic E-state index is 13.0. The Hall–Kier alpha value is -2.65. The highest BCUT2D eigenvalue weighted by Gasteiger charge is 2.69. The van der Waals surface area contributed by atoms with Crippen molar-refractivity contribution in [1.29, 1.82) is 0 Å². The predicted molar refractivity (Wildman–Crippen MR) is 87.5 cm³/mol. The van der Waals surface area contributed by atoms with Crippen molar-refractivity contribution < 1.29 is 37.1 Å². The number of rotatable bonds is 7. The van der Waals surface area contributed by atoms with Gasteiger partial charge in [0.1, 0.15) is 11.4 Å². The lowest BCUT2D eigenvalue weighted by Crippen LogP contribution is -2.52. The van der Waals surface area contributed by atoms with Crippen LogP contribution < -0.4 is 10.6 Å². The van der Waals surface area contributed by atoms with E-state index in [4.69, 9.17) is 0 Å². The zero-order valence-electron chi connectivity index (χ0n) is 14.6. The Kier molecular flexibility index (Phi) is 4.84. The van der Waals surface area contributed by atoms with Crippen LogP contribution in [0, 0.1) is 11.7 Å². The Labute approximate surface area is 157 Å². The molecule has 0 aliphatic heterocycles. The fourth-order valence-electron chi connectivity index (χ4n) is 3.16. The number of halogens is 4. The minimum Gasteiger partial charge on any atom is -0.479 e. The first-order valence-corrected chi connectivity index (χ1v) is 8.67. The summed E-state index contributed by atoms with van der Waals surface area (Å²) in [5.41, 5.74) is -3.53. The molecule has 2 fully saturated rings. The molecular weight excluding hydrogens is 384 g/mol. The Morgan fingerprint density at radius 2 is 1.71 bits per heavy atom. The summed E-state index contributed by atoms with van der Waals surface area (Å²) in [7, 11) is 0. The third kappa shape index (κ3) is 3.81. The number of aliphatic carboxylic acids is 1. The second kappa shape index (κ2) is 6.75. The number of carboxylic acids is 1. The molecule has 28 heavy (non-hydrogen) atoms. The monoisotopic (exact) mass is 402 g/mol. The smallest absolute Gasteiger partial charge is 0.411 e. The number of hydrogen-bond acceptors (Lipinski definition) is 3. The minimum atomic E-state index is -4.61. The van der Waals surface area contributed by atoms with E-state index in [9.17, 15) is 37.1 Å².